The number of rotatable bonds is 7. The molecule has 2 aromatic rings. The highest BCUT2D eigenvalue weighted by Gasteiger charge is 2.63. The van der Waals surface area contributed by atoms with E-state index < -0.39 is 23.2 Å². The molecule has 212 valence electrons. The van der Waals surface area contributed by atoms with Crippen molar-refractivity contribution in [1.82, 2.24) is 14.8 Å². The Hall–Kier alpha value is -3.34. The molecule has 8 nitrogen and oxygen atoms in total. The van der Waals surface area contributed by atoms with Crippen LogP contribution in [0.2, 0.25) is 0 Å². The van der Waals surface area contributed by atoms with E-state index in [0.717, 1.165) is 55.2 Å². The van der Waals surface area contributed by atoms with Crippen LogP contribution in [0, 0.1) is 18.8 Å². The number of hydrogen-bond donors (Lipinski definition) is 1. The zero-order valence-electron chi connectivity index (χ0n) is 22.7. The van der Waals surface area contributed by atoms with Crippen LogP contribution in [0.1, 0.15) is 40.9 Å². The largest absolute Gasteiger partial charge is 0.497 e. The summed E-state index contributed by atoms with van der Waals surface area (Å²) < 4.78 is 47.0. The molecule has 4 rings (SSSR count). The van der Waals surface area contributed by atoms with Gasteiger partial charge in [0, 0.05) is 45.8 Å². The summed E-state index contributed by atoms with van der Waals surface area (Å²) in [5.74, 6) is -0.0173. The van der Waals surface area contributed by atoms with E-state index >= 15 is 0 Å². The van der Waals surface area contributed by atoms with Gasteiger partial charge in [-0.1, -0.05) is 12.1 Å². The van der Waals surface area contributed by atoms with Gasteiger partial charge in [-0.2, -0.15) is 13.2 Å². The molecule has 0 bridgehead atoms. The first-order valence-electron chi connectivity index (χ1n) is 13.0. The molecular weight excluding hydrogens is 513 g/mol. The number of halogens is 3. The lowest BCUT2D eigenvalue weighted by Crippen LogP contribution is -2.61. The molecule has 1 aromatic heterocycles. The van der Waals surface area contributed by atoms with Crippen LogP contribution < -0.4 is 9.64 Å². The second-order valence-electron chi connectivity index (χ2n) is 10.7. The molecule has 3 heterocycles. The standard InChI is InChI=1S/C28H35F3N4O4/c1-18-23(25(36)33(2)3)8-9-24(32-18)34-12-10-19(11-13-34)14-20-16-35(17-20)26(37)27(38,28(29,30)31)21-6-5-7-22(15-21)39-4/h5-9,15,19-20,38H,10-14,16-17H2,1-4H3/t27-/m1/s1. The van der Waals surface area contributed by atoms with Gasteiger partial charge >= 0.3 is 6.18 Å². The van der Waals surface area contributed by atoms with Gasteiger partial charge in [0.25, 0.3) is 17.4 Å². The van der Waals surface area contributed by atoms with E-state index in [2.05, 4.69) is 9.88 Å². The first-order valence-corrected chi connectivity index (χ1v) is 13.0. The number of likely N-dealkylation sites (tertiary alicyclic amines) is 1. The Morgan fingerprint density at radius 1 is 1.10 bits per heavy atom. The number of amides is 2. The maximum Gasteiger partial charge on any atom is 0.430 e. The number of nitrogens with zero attached hydrogens (tertiary/aromatic N) is 4. The van der Waals surface area contributed by atoms with Gasteiger partial charge in [-0.25, -0.2) is 4.98 Å². The lowest BCUT2D eigenvalue weighted by atomic mass is 9.82. The molecular formula is C28H35F3N4O4. The monoisotopic (exact) mass is 548 g/mol. The number of aliphatic hydroxyl groups is 1. The molecule has 0 aliphatic carbocycles. The van der Waals surface area contributed by atoms with Crippen LogP contribution in [0.15, 0.2) is 36.4 Å². The van der Waals surface area contributed by atoms with Crippen molar-refractivity contribution in [3.63, 3.8) is 0 Å². The second kappa shape index (κ2) is 11.0. The van der Waals surface area contributed by atoms with Gasteiger partial charge in [0.15, 0.2) is 0 Å². The topological polar surface area (TPSA) is 86.2 Å². The number of carbonyl (C=O) groups is 2. The molecule has 11 heteroatoms. The third kappa shape index (κ3) is 5.68. The number of pyridine rings is 1. The van der Waals surface area contributed by atoms with Crippen molar-refractivity contribution in [1.29, 1.82) is 0 Å². The van der Waals surface area contributed by atoms with E-state index in [1.54, 1.807) is 20.2 Å². The maximum atomic E-state index is 14.0. The first-order chi connectivity index (χ1) is 18.3. The quantitative estimate of drug-likeness (QED) is 0.569. The van der Waals surface area contributed by atoms with Crippen LogP contribution in [-0.2, 0) is 10.4 Å². The molecule has 2 aliphatic heterocycles. The molecule has 0 spiro atoms. The van der Waals surface area contributed by atoms with Crippen LogP contribution >= 0.6 is 0 Å². The molecule has 2 amide bonds. The van der Waals surface area contributed by atoms with E-state index in [-0.39, 0.29) is 30.7 Å². The molecule has 2 saturated heterocycles. The highest BCUT2D eigenvalue weighted by molar-refractivity contribution is 5.95. The summed E-state index contributed by atoms with van der Waals surface area (Å²) in [5, 5.41) is 10.7. The van der Waals surface area contributed by atoms with Crippen molar-refractivity contribution >= 4 is 17.6 Å². The van der Waals surface area contributed by atoms with Crippen molar-refractivity contribution < 1.29 is 32.6 Å². The van der Waals surface area contributed by atoms with E-state index in [0.29, 0.717) is 17.2 Å². The predicted molar refractivity (Wildman–Crippen MR) is 140 cm³/mol. The molecule has 2 aliphatic rings. The van der Waals surface area contributed by atoms with Crippen LogP contribution in [0.3, 0.4) is 0 Å². The number of anilines is 1. The summed E-state index contributed by atoms with van der Waals surface area (Å²) in [4.78, 5) is 34.6. The second-order valence-corrected chi connectivity index (χ2v) is 10.7. The Kier molecular flexibility index (Phi) is 8.11. The maximum absolute atomic E-state index is 14.0. The number of benzene rings is 1. The summed E-state index contributed by atoms with van der Waals surface area (Å²) in [7, 11) is 4.71. The van der Waals surface area contributed by atoms with Gasteiger partial charge in [-0.3, -0.25) is 9.59 Å². The van der Waals surface area contributed by atoms with Gasteiger partial charge in [0.1, 0.15) is 11.6 Å². The number of methoxy groups -OCH3 is 1. The summed E-state index contributed by atoms with van der Waals surface area (Å²) in [6, 6.07) is 8.57. The highest BCUT2D eigenvalue weighted by atomic mass is 19.4. The third-order valence-corrected chi connectivity index (χ3v) is 7.76. The zero-order chi connectivity index (χ0) is 28.5. The number of aryl methyl sites for hydroxylation is 1. The fraction of sp³-hybridized carbons (Fsp3) is 0.536. The molecule has 1 atom stereocenters. The van der Waals surface area contributed by atoms with E-state index in [1.807, 2.05) is 13.0 Å². The number of hydrogen-bond acceptors (Lipinski definition) is 6. The summed E-state index contributed by atoms with van der Waals surface area (Å²) >= 11 is 0. The predicted octanol–water partition coefficient (Wildman–Crippen LogP) is 3.62. The summed E-state index contributed by atoms with van der Waals surface area (Å²) in [5.41, 5.74) is -2.93. The van der Waals surface area contributed by atoms with Crippen LogP contribution in [-0.4, -0.2) is 85.3 Å². The third-order valence-electron chi connectivity index (χ3n) is 7.76. The molecule has 1 N–H and O–H groups in total. The van der Waals surface area contributed by atoms with Crippen LogP contribution in [0.4, 0.5) is 19.0 Å². The van der Waals surface area contributed by atoms with Crippen molar-refractivity contribution in [3.8, 4) is 5.75 Å². The number of alkyl halides is 3. The summed E-state index contributed by atoms with van der Waals surface area (Å²) in [6.45, 7) is 3.77. The van der Waals surface area contributed by atoms with E-state index in [9.17, 15) is 27.9 Å². The fourth-order valence-corrected chi connectivity index (χ4v) is 5.43. The highest BCUT2D eigenvalue weighted by Crippen LogP contribution is 2.43. The average molecular weight is 549 g/mol. The molecule has 39 heavy (non-hydrogen) atoms. The molecule has 0 unspecified atom stereocenters. The van der Waals surface area contributed by atoms with E-state index in [4.69, 9.17) is 4.74 Å². The summed E-state index contributed by atoms with van der Waals surface area (Å²) in [6.07, 6.45) is -2.57. The Labute approximate surface area is 226 Å². The number of piperidine rings is 1. The van der Waals surface area contributed by atoms with Crippen LogP contribution in [0.25, 0.3) is 0 Å². The van der Waals surface area contributed by atoms with Gasteiger partial charge in [-0.05, 0) is 62.3 Å². The Morgan fingerprint density at radius 2 is 1.77 bits per heavy atom. The number of aromatic nitrogens is 1. The normalized spacial score (nSPS) is 18.4. The minimum Gasteiger partial charge on any atom is -0.497 e. The lowest BCUT2D eigenvalue weighted by molar-refractivity contribution is -0.264. The minimum absolute atomic E-state index is 0.0875. The molecule has 0 saturated carbocycles. The van der Waals surface area contributed by atoms with Crippen molar-refractivity contribution in [2.24, 2.45) is 11.8 Å². The molecule has 1 aromatic carbocycles. The van der Waals surface area contributed by atoms with Crippen molar-refractivity contribution in [3.05, 3.63) is 53.2 Å². The van der Waals surface area contributed by atoms with Gasteiger partial charge in [0.05, 0.1) is 18.4 Å². The number of ether oxygens (including phenoxy) is 1. The smallest absolute Gasteiger partial charge is 0.430 e. The van der Waals surface area contributed by atoms with Gasteiger partial charge in [-0.15, -0.1) is 0 Å². The molecule has 0 radical (unpaired) electrons. The van der Waals surface area contributed by atoms with Crippen molar-refractivity contribution in [2.75, 3.05) is 52.3 Å². The van der Waals surface area contributed by atoms with Gasteiger partial charge in [0.2, 0.25) is 0 Å². The van der Waals surface area contributed by atoms with Crippen LogP contribution in [0.5, 0.6) is 5.75 Å². The Bertz CT molecular complexity index is 1210. The Balaban J connectivity index is 1.32. The SMILES string of the molecule is COc1cccc([C@@](O)(C(=O)N2CC(CC3CCN(c4ccc(C(=O)N(C)C)c(C)n4)CC3)C2)C(F)(F)F)c1. The van der Waals surface area contributed by atoms with Crippen molar-refractivity contribution in [2.45, 2.75) is 38.0 Å². The van der Waals surface area contributed by atoms with E-state index in [1.165, 1.54) is 24.1 Å². The Morgan fingerprint density at radius 3 is 2.33 bits per heavy atom. The molecule has 2 fully saturated rings. The lowest BCUT2D eigenvalue weighted by Gasteiger charge is -2.45. The first kappa shape index (κ1) is 28.7. The van der Waals surface area contributed by atoms with Gasteiger partial charge < -0.3 is 24.5 Å². The average Bonchev–Trinajstić information content (AvgIpc) is 2.88. The minimum atomic E-state index is -5.18. The number of carbonyl (C=O) groups excluding carboxylic acids is 2. The zero-order valence-corrected chi connectivity index (χ0v) is 22.7. The fourth-order valence-electron chi connectivity index (χ4n) is 5.43.